The molecule has 0 spiro atoms. The van der Waals surface area contributed by atoms with Gasteiger partial charge in [0.1, 0.15) is 13.1 Å². The third-order valence-corrected chi connectivity index (χ3v) is 5.06. The van der Waals surface area contributed by atoms with Gasteiger partial charge in [0.05, 0.1) is 11.1 Å². The fraction of sp³-hybridized carbons (Fsp3) is 0.125. The molecule has 3 heterocycles. The number of nitrogens with two attached hydrogens (primary N) is 1. The molecule has 0 aliphatic rings. The Labute approximate surface area is 145 Å². The molecule has 0 aliphatic heterocycles. The van der Waals surface area contributed by atoms with Crippen molar-refractivity contribution in [2.75, 3.05) is 0 Å². The van der Waals surface area contributed by atoms with Crippen molar-refractivity contribution in [3.63, 3.8) is 0 Å². The van der Waals surface area contributed by atoms with E-state index in [1.54, 1.807) is 17.6 Å². The number of hydrogen-bond donors (Lipinski definition) is 1. The van der Waals surface area contributed by atoms with Crippen LogP contribution in [0, 0.1) is 0 Å². The highest BCUT2D eigenvalue weighted by Crippen LogP contribution is 2.24. The summed E-state index contributed by atoms with van der Waals surface area (Å²) in [5.74, 6) is 1.87. The lowest BCUT2D eigenvalue weighted by Gasteiger charge is -1.98. The van der Waals surface area contributed by atoms with Crippen LogP contribution in [0.5, 0.6) is 0 Å². The highest BCUT2D eigenvalue weighted by Gasteiger charge is 2.12. The Kier molecular flexibility index (Phi) is 3.99. The van der Waals surface area contributed by atoms with Gasteiger partial charge in [0.25, 0.3) is 0 Å². The van der Waals surface area contributed by atoms with E-state index in [4.69, 9.17) is 4.42 Å². The standard InChI is InChI=1S/C16H13BrN4OS/c17-12-5-3-11(4-6-12)15-19-20-16-21(15)10-14(23-16)9-18-8-13-2-1-7-22-13/h1-7,10,18H,8-9H2/p+1. The van der Waals surface area contributed by atoms with Crippen molar-refractivity contribution in [2.45, 2.75) is 13.1 Å². The molecule has 3 aromatic heterocycles. The highest BCUT2D eigenvalue weighted by atomic mass is 79.9. The summed E-state index contributed by atoms with van der Waals surface area (Å²) in [5.41, 5.74) is 1.06. The average molecular weight is 390 g/mol. The molecule has 116 valence electrons. The van der Waals surface area contributed by atoms with Gasteiger partial charge < -0.3 is 9.73 Å². The number of hydrogen-bond acceptors (Lipinski definition) is 4. The molecule has 0 fully saturated rings. The van der Waals surface area contributed by atoms with Crippen molar-refractivity contribution >= 4 is 32.2 Å². The number of halogens is 1. The Morgan fingerprint density at radius 1 is 1.13 bits per heavy atom. The van der Waals surface area contributed by atoms with Gasteiger partial charge in [-0.2, -0.15) is 0 Å². The minimum Gasteiger partial charge on any atom is -0.463 e. The van der Waals surface area contributed by atoms with Gasteiger partial charge in [0.2, 0.25) is 4.96 Å². The van der Waals surface area contributed by atoms with E-state index < -0.39 is 0 Å². The molecule has 0 unspecified atom stereocenters. The van der Waals surface area contributed by atoms with E-state index in [1.165, 1.54) is 4.88 Å². The van der Waals surface area contributed by atoms with E-state index in [0.717, 1.165) is 39.7 Å². The third kappa shape index (κ3) is 3.08. The van der Waals surface area contributed by atoms with Crippen LogP contribution in [0.3, 0.4) is 0 Å². The molecule has 2 N–H and O–H groups in total. The van der Waals surface area contributed by atoms with E-state index in [2.05, 4.69) is 42.0 Å². The number of aromatic nitrogens is 3. The van der Waals surface area contributed by atoms with Crippen molar-refractivity contribution in [1.29, 1.82) is 0 Å². The molecule has 0 aliphatic carbocycles. The van der Waals surface area contributed by atoms with Crippen LogP contribution < -0.4 is 5.32 Å². The van der Waals surface area contributed by atoms with Crippen molar-refractivity contribution in [1.82, 2.24) is 14.6 Å². The zero-order valence-electron chi connectivity index (χ0n) is 12.1. The molecule has 0 atom stereocenters. The van der Waals surface area contributed by atoms with Gasteiger partial charge in [-0.1, -0.05) is 39.4 Å². The number of thiazole rings is 1. The number of benzene rings is 1. The number of furan rings is 1. The van der Waals surface area contributed by atoms with Crippen molar-refractivity contribution in [3.8, 4) is 11.4 Å². The summed E-state index contributed by atoms with van der Waals surface area (Å²) in [5, 5.41) is 10.8. The van der Waals surface area contributed by atoms with Crippen LogP contribution >= 0.6 is 27.3 Å². The minimum atomic E-state index is 0.838. The lowest BCUT2D eigenvalue weighted by atomic mass is 10.2. The van der Waals surface area contributed by atoms with Gasteiger partial charge in [-0.15, -0.1) is 10.2 Å². The van der Waals surface area contributed by atoms with Crippen LogP contribution in [0.1, 0.15) is 10.6 Å². The Morgan fingerprint density at radius 3 is 2.78 bits per heavy atom. The lowest BCUT2D eigenvalue weighted by molar-refractivity contribution is -0.687. The molecule has 0 amide bonds. The monoisotopic (exact) mass is 389 g/mol. The second kappa shape index (κ2) is 6.27. The SMILES string of the molecule is Brc1ccc(-c2nnc3sc(C[NH2+]Cc4ccco4)cn23)cc1. The van der Waals surface area contributed by atoms with Gasteiger partial charge in [-0.05, 0) is 24.3 Å². The number of fused-ring (bicyclic) bond motifs is 1. The fourth-order valence-electron chi connectivity index (χ4n) is 2.43. The fourth-order valence-corrected chi connectivity index (χ4v) is 3.60. The highest BCUT2D eigenvalue weighted by molar-refractivity contribution is 9.10. The maximum atomic E-state index is 5.34. The number of rotatable bonds is 5. The third-order valence-electron chi connectivity index (χ3n) is 3.53. The van der Waals surface area contributed by atoms with Gasteiger partial charge in [0.15, 0.2) is 11.6 Å². The zero-order valence-corrected chi connectivity index (χ0v) is 14.5. The topological polar surface area (TPSA) is 59.9 Å². The van der Waals surface area contributed by atoms with Crippen LogP contribution in [0.15, 0.2) is 57.7 Å². The molecule has 0 saturated carbocycles. The Bertz CT molecular complexity index is 912. The molecular weight excluding hydrogens is 376 g/mol. The predicted molar refractivity (Wildman–Crippen MR) is 92.0 cm³/mol. The molecule has 4 aromatic rings. The Hall–Kier alpha value is -1.96. The first kappa shape index (κ1) is 14.6. The predicted octanol–water partition coefficient (Wildman–Crippen LogP) is 3.08. The van der Waals surface area contributed by atoms with E-state index in [9.17, 15) is 0 Å². The second-order valence-corrected chi connectivity index (χ2v) is 7.17. The maximum absolute atomic E-state index is 5.34. The minimum absolute atomic E-state index is 0.838. The first-order chi connectivity index (χ1) is 11.3. The summed E-state index contributed by atoms with van der Waals surface area (Å²) in [6.45, 7) is 1.74. The van der Waals surface area contributed by atoms with E-state index in [1.807, 2.05) is 36.4 Å². The number of quaternary nitrogens is 1. The molecule has 1 aromatic carbocycles. The van der Waals surface area contributed by atoms with Crippen molar-refractivity contribution in [2.24, 2.45) is 0 Å². The van der Waals surface area contributed by atoms with Crippen LogP contribution in [-0.4, -0.2) is 14.6 Å². The van der Waals surface area contributed by atoms with Crippen LogP contribution in [0.25, 0.3) is 16.3 Å². The van der Waals surface area contributed by atoms with Gasteiger partial charge in [-0.25, -0.2) is 0 Å². The van der Waals surface area contributed by atoms with Crippen LogP contribution in [-0.2, 0) is 13.1 Å². The van der Waals surface area contributed by atoms with E-state index in [0.29, 0.717) is 0 Å². The van der Waals surface area contributed by atoms with Crippen molar-refractivity contribution < 1.29 is 9.73 Å². The van der Waals surface area contributed by atoms with Crippen LogP contribution in [0.2, 0.25) is 0 Å². The Balaban J connectivity index is 1.53. The Morgan fingerprint density at radius 2 is 2.00 bits per heavy atom. The average Bonchev–Trinajstić information content (AvgIpc) is 3.25. The molecule has 23 heavy (non-hydrogen) atoms. The summed E-state index contributed by atoms with van der Waals surface area (Å²) in [6, 6.07) is 12.0. The largest absolute Gasteiger partial charge is 0.463 e. The van der Waals surface area contributed by atoms with Gasteiger partial charge >= 0.3 is 0 Å². The van der Waals surface area contributed by atoms with Crippen LogP contribution in [0.4, 0.5) is 0 Å². The molecule has 0 saturated heterocycles. The summed E-state index contributed by atoms with van der Waals surface area (Å²) in [6.07, 6.45) is 3.83. The first-order valence-electron chi connectivity index (χ1n) is 7.23. The molecule has 0 bridgehead atoms. The number of nitrogens with zero attached hydrogens (tertiary/aromatic N) is 3. The summed E-state index contributed by atoms with van der Waals surface area (Å²) in [4.78, 5) is 2.18. The lowest BCUT2D eigenvalue weighted by Crippen LogP contribution is -2.80. The molecule has 7 heteroatoms. The van der Waals surface area contributed by atoms with Gasteiger partial charge in [0, 0.05) is 16.2 Å². The van der Waals surface area contributed by atoms with E-state index >= 15 is 0 Å². The summed E-state index contributed by atoms with van der Waals surface area (Å²) >= 11 is 5.13. The molecule has 0 radical (unpaired) electrons. The maximum Gasteiger partial charge on any atom is 0.216 e. The second-order valence-electron chi connectivity index (χ2n) is 5.16. The normalized spacial score (nSPS) is 11.3. The first-order valence-corrected chi connectivity index (χ1v) is 8.84. The quantitative estimate of drug-likeness (QED) is 0.570. The molecule has 5 nitrogen and oxygen atoms in total. The van der Waals surface area contributed by atoms with Crippen molar-refractivity contribution in [3.05, 3.63) is 64.0 Å². The zero-order chi connectivity index (χ0) is 15.6. The summed E-state index contributed by atoms with van der Waals surface area (Å²) in [7, 11) is 0. The molecular formula is C16H14BrN4OS+. The summed E-state index contributed by atoms with van der Waals surface area (Å²) < 4.78 is 8.46. The van der Waals surface area contributed by atoms with E-state index in [-0.39, 0.29) is 0 Å². The smallest absolute Gasteiger partial charge is 0.216 e. The molecule has 4 rings (SSSR count). The van der Waals surface area contributed by atoms with Gasteiger partial charge in [-0.3, -0.25) is 4.40 Å².